The molecule has 0 saturated carbocycles. The molecule has 0 spiro atoms. The highest BCUT2D eigenvalue weighted by molar-refractivity contribution is 5.78. The molecule has 1 N–H and O–H groups in total. The molecule has 150 valence electrons. The van der Waals surface area contributed by atoms with E-state index in [9.17, 15) is 4.79 Å². The van der Waals surface area contributed by atoms with Crippen LogP contribution in [0, 0.1) is 11.8 Å². The minimum absolute atomic E-state index is 0.0433. The Morgan fingerprint density at radius 2 is 1.71 bits per heavy atom. The van der Waals surface area contributed by atoms with E-state index >= 15 is 0 Å². The summed E-state index contributed by atoms with van der Waals surface area (Å²) in [5.41, 5.74) is 2.09. The van der Waals surface area contributed by atoms with E-state index in [0.29, 0.717) is 6.54 Å². The summed E-state index contributed by atoms with van der Waals surface area (Å²) in [6, 6.07) is 17.9. The number of carbonyl (C=O) groups is 1. The molecule has 1 aliphatic heterocycles. The van der Waals surface area contributed by atoms with Crippen LogP contribution < -0.4 is 10.1 Å². The molecular formula is C24H32N2O2. The predicted octanol–water partition coefficient (Wildman–Crippen LogP) is 4.22. The predicted molar refractivity (Wildman–Crippen MR) is 114 cm³/mol. The number of hydrogen-bond donors (Lipinski definition) is 1. The molecule has 28 heavy (non-hydrogen) atoms. The van der Waals surface area contributed by atoms with Crippen molar-refractivity contribution in [1.29, 1.82) is 0 Å². The summed E-state index contributed by atoms with van der Waals surface area (Å²) < 4.78 is 5.81. The number of nitrogens with zero attached hydrogens (tertiary/aromatic N) is 1. The highest BCUT2D eigenvalue weighted by Crippen LogP contribution is 2.29. The van der Waals surface area contributed by atoms with Gasteiger partial charge in [0.25, 0.3) is 5.91 Å². The van der Waals surface area contributed by atoms with Gasteiger partial charge < -0.3 is 15.0 Å². The van der Waals surface area contributed by atoms with Crippen LogP contribution >= 0.6 is 0 Å². The molecule has 0 radical (unpaired) electrons. The van der Waals surface area contributed by atoms with Gasteiger partial charge in [-0.25, -0.2) is 0 Å². The van der Waals surface area contributed by atoms with Crippen molar-refractivity contribution >= 4 is 5.91 Å². The van der Waals surface area contributed by atoms with E-state index in [2.05, 4.69) is 24.1 Å². The molecule has 1 heterocycles. The average Bonchev–Trinajstić information content (AvgIpc) is 2.70. The number of rotatable bonds is 8. The van der Waals surface area contributed by atoms with Crippen molar-refractivity contribution in [2.45, 2.75) is 26.7 Å². The summed E-state index contributed by atoms with van der Waals surface area (Å²) in [5, 5.41) is 2.98. The normalized spacial score (nSPS) is 19.9. The summed E-state index contributed by atoms with van der Waals surface area (Å²) in [6.45, 7) is 8.80. The number of para-hydroxylation sites is 1. The van der Waals surface area contributed by atoms with Crippen LogP contribution in [-0.4, -0.2) is 43.6 Å². The number of benzene rings is 2. The average molecular weight is 381 g/mol. The van der Waals surface area contributed by atoms with E-state index in [4.69, 9.17) is 4.74 Å². The molecule has 2 atom stereocenters. The summed E-state index contributed by atoms with van der Waals surface area (Å²) >= 11 is 0. The molecule has 0 aromatic heterocycles. The van der Waals surface area contributed by atoms with E-state index in [-0.39, 0.29) is 12.5 Å². The van der Waals surface area contributed by atoms with Crippen molar-refractivity contribution in [3.63, 3.8) is 0 Å². The molecule has 4 heteroatoms. The van der Waals surface area contributed by atoms with Gasteiger partial charge in [-0.05, 0) is 42.9 Å². The van der Waals surface area contributed by atoms with E-state index in [1.807, 2.05) is 54.6 Å². The van der Waals surface area contributed by atoms with Crippen LogP contribution in [0.15, 0.2) is 54.6 Å². The fourth-order valence-corrected chi connectivity index (χ4v) is 4.15. The van der Waals surface area contributed by atoms with E-state index in [1.54, 1.807) is 0 Å². The number of piperidine rings is 1. The maximum atomic E-state index is 12.2. The molecule has 1 saturated heterocycles. The maximum absolute atomic E-state index is 12.2. The molecule has 2 aromatic rings. The first-order chi connectivity index (χ1) is 13.6. The molecule has 0 unspecified atom stereocenters. The largest absolute Gasteiger partial charge is 0.483 e. The highest BCUT2D eigenvalue weighted by Gasteiger charge is 2.21. The van der Waals surface area contributed by atoms with Gasteiger partial charge in [-0.3, -0.25) is 4.79 Å². The Bertz CT molecular complexity index is 737. The molecule has 4 nitrogen and oxygen atoms in total. The third kappa shape index (κ3) is 6.10. The molecule has 2 aromatic carbocycles. The van der Waals surface area contributed by atoms with Crippen molar-refractivity contribution in [2.24, 2.45) is 11.8 Å². The standard InChI is InChI=1S/C24H32N2O2/c1-19-15-20(2)17-26(16-19)14-8-13-25-24(27)18-28-23-12-7-6-11-22(23)21-9-4-3-5-10-21/h3-7,9-12,19-20H,8,13-18H2,1-2H3,(H,25,27)/t19-,20-/m0/s1. The van der Waals surface area contributed by atoms with E-state index < -0.39 is 0 Å². The first kappa shape index (κ1) is 20.4. The zero-order valence-corrected chi connectivity index (χ0v) is 17.1. The van der Waals surface area contributed by atoms with Gasteiger partial charge in [0.1, 0.15) is 5.75 Å². The quantitative estimate of drug-likeness (QED) is 0.697. The third-order valence-electron chi connectivity index (χ3n) is 5.25. The molecule has 1 aliphatic rings. The van der Waals surface area contributed by atoms with Crippen molar-refractivity contribution in [3.8, 4) is 16.9 Å². The number of amides is 1. The van der Waals surface area contributed by atoms with Crippen LogP contribution in [0.3, 0.4) is 0 Å². The molecule has 3 rings (SSSR count). The Balaban J connectivity index is 1.41. The van der Waals surface area contributed by atoms with Gasteiger partial charge >= 0.3 is 0 Å². The monoisotopic (exact) mass is 380 g/mol. The van der Waals surface area contributed by atoms with Gasteiger partial charge in [0, 0.05) is 25.2 Å². The fraction of sp³-hybridized carbons (Fsp3) is 0.458. The van der Waals surface area contributed by atoms with E-state index in [1.165, 1.54) is 19.5 Å². The Hall–Kier alpha value is -2.33. The Kier molecular flexibility index (Phi) is 7.49. The maximum Gasteiger partial charge on any atom is 0.257 e. The van der Waals surface area contributed by atoms with Gasteiger partial charge in [-0.2, -0.15) is 0 Å². The smallest absolute Gasteiger partial charge is 0.257 e. The lowest BCUT2D eigenvalue weighted by Gasteiger charge is -2.34. The topological polar surface area (TPSA) is 41.6 Å². The molecule has 1 fully saturated rings. The fourth-order valence-electron chi connectivity index (χ4n) is 4.15. The molecule has 1 amide bonds. The van der Waals surface area contributed by atoms with Gasteiger partial charge in [-0.1, -0.05) is 62.4 Å². The summed E-state index contributed by atoms with van der Waals surface area (Å²) in [6.07, 6.45) is 2.31. The van der Waals surface area contributed by atoms with Crippen LogP contribution in [0.5, 0.6) is 5.75 Å². The van der Waals surface area contributed by atoms with Crippen molar-refractivity contribution in [2.75, 3.05) is 32.8 Å². The minimum Gasteiger partial charge on any atom is -0.483 e. The molecule has 0 bridgehead atoms. The van der Waals surface area contributed by atoms with Crippen LogP contribution in [-0.2, 0) is 4.79 Å². The Morgan fingerprint density at radius 3 is 2.46 bits per heavy atom. The summed E-state index contributed by atoms with van der Waals surface area (Å²) in [7, 11) is 0. The minimum atomic E-state index is -0.0664. The Morgan fingerprint density at radius 1 is 1.04 bits per heavy atom. The highest BCUT2D eigenvalue weighted by atomic mass is 16.5. The number of carbonyl (C=O) groups excluding carboxylic acids is 1. The third-order valence-corrected chi connectivity index (χ3v) is 5.25. The second-order valence-electron chi connectivity index (χ2n) is 8.06. The molecular weight excluding hydrogens is 348 g/mol. The van der Waals surface area contributed by atoms with E-state index in [0.717, 1.165) is 41.7 Å². The zero-order valence-electron chi connectivity index (χ0n) is 17.1. The second kappa shape index (κ2) is 10.3. The number of hydrogen-bond acceptors (Lipinski definition) is 3. The zero-order chi connectivity index (χ0) is 19.8. The van der Waals surface area contributed by atoms with Gasteiger partial charge in [0.15, 0.2) is 6.61 Å². The lowest BCUT2D eigenvalue weighted by Crippen LogP contribution is -2.40. The van der Waals surface area contributed by atoms with Crippen molar-refractivity contribution in [3.05, 3.63) is 54.6 Å². The Labute approximate surface area is 168 Å². The van der Waals surface area contributed by atoms with Crippen LogP contribution in [0.25, 0.3) is 11.1 Å². The lowest BCUT2D eigenvalue weighted by atomic mass is 9.92. The van der Waals surface area contributed by atoms with Crippen LogP contribution in [0.1, 0.15) is 26.7 Å². The summed E-state index contributed by atoms with van der Waals surface area (Å²) in [5.74, 6) is 2.22. The number of ether oxygens (including phenoxy) is 1. The van der Waals surface area contributed by atoms with Gasteiger partial charge in [0.05, 0.1) is 0 Å². The van der Waals surface area contributed by atoms with Crippen molar-refractivity contribution < 1.29 is 9.53 Å². The van der Waals surface area contributed by atoms with Gasteiger partial charge in [0.2, 0.25) is 0 Å². The second-order valence-corrected chi connectivity index (χ2v) is 8.06. The summed E-state index contributed by atoms with van der Waals surface area (Å²) in [4.78, 5) is 14.7. The number of nitrogens with one attached hydrogen (secondary N) is 1. The van der Waals surface area contributed by atoms with Gasteiger partial charge in [-0.15, -0.1) is 0 Å². The van der Waals surface area contributed by atoms with Crippen LogP contribution in [0.2, 0.25) is 0 Å². The molecule has 0 aliphatic carbocycles. The first-order valence-electron chi connectivity index (χ1n) is 10.4. The first-order valence-corrected chi connectivity index (χ1v) is 10.4. The number of likely N-dealkylation sites (tertiary alicyclic amines) is 1. The van der Waals surface area contributed by atoms with Crippen LogP contribution in [0.4, 0.5) is 0 Å². The lowest BCUT2D eigenvalue weighted by molar-refractivity contribution is -0.123. The SMILES string of the molecule is C[C@H]1C[C@H](C)CN(CCCNC(=O)COc2ccccc2-c2ccccc2)C1. The van der Waals surface area contributed by atoms with Crippen molar-refractivity contribution in [1.82, 2.24) is 10.2 Å².